The van der Waals surface area contributed by atoms with Gasteiger partial charge in [0, 0.05) is 54.7 Å². The minimum absolute atomic E-state index is 0.0244. The second-order valence-electron chi connectivity index (χ2n) is 7.95. The van der Waals surface area contributed by atoms with Crippen molar-refractivity contribution in [2.45, 2.75) is 0 Å². The summed E-state index contributed by atoms with van der Waals surface area (Å²) in [5.74, 6) is 0.638. The van der Waals surface area contributed by atoms with Gasteiger partial charge in [-0.3, -0.25) is 4.98 Å². The fourth-order valence-electron chi connectivity index (χ4n) is 3.74. The molecule has 8 nitrogen and oxygen atoms in total. The van der Waals surface area contributed by atoms with Crippen LogP contribution >= 0.6 is 11.6 Å². The smallest absolute Gasteiger partial charge is 0.323 e. The number of carbonyl (C=O) groups excluding carboxylic acids is 1. The number of carbonyl (C=O) groups is 1. The van der Waals surface area contributed by atoms with Gasteiger partial charge in [-0.15, -0.1) is 0 Å². The van der Waals surface area contributed by atoms with Crippen LogP contribution in [0.3, 0.4) is 0 Å². The van der Waals surface area contributed by atoms with Crippen molar-refractivity contribution in [1.82, 2.24) is 15.3 Å². The predicted molar refractivity (Wildman–Crippen MR) is 135 cm³/mol. The van der Waals surface area contributed by atoms with Crippen LogP contribution in [0.1, 0.15) is 0 Å². The van der Waals surface area contributed by atoms with Crippen molar-refractivity contribution in [3.8, 4) is 11.5 Å². The van der Waals surface area contributed by atoms with Crippen LogP contribution in [0.15, 0.2) is 66.9 Å². The van der Waals surface area contributed by atoms with Gasteiger partial charge in [0.25, 0.3) is 0 Å². The third kappa shape index (κ3) is 5.59. The molecule has 4 aromatic rings. The molecule has 0 saturated carbocycles. The van der Waals surface area contributed by atoms with Gasteiger partial charge in [-0.2, -0.15) is 0 Å². The zero-order chi connectivity index (χ0) is 24.2. The van der Waals surface area contributed by atoms with Gasteiger partial charge in [-0.1, -0.05) is 17.7 Å². The topological polar surface area (TPSA) is 91.4 Å². The van der Waals surface area contributed by atoms with E-state index in [2.05, 4.69) is 25.8 Å². The Labute approximate surface area is 206 Å². The fourth-order valence-corrected chi connectivity index (χ4v) is 3.93. The molecule has 0 spiro atoms. The van der Waals surface area contributed by atoms with E-state index in [9.17, 15) is 9.18 Å². The van der Waals surface area contributed by atoms with Crippen LogP contribution in [0.2, 0.25) is 5.02 Å². The number of nitrogens with one attached hydrogen (secondary N) is 3. The van der Waals surface area contributed by atoms with Crippen LogP contribution in [-0.4, -0.2) is 42.2 Å². The number of piperazine rings is 1. The molecule has 178 valence electrons. The summed E-state index contributed by atoms with van der Waals surface area (Å²) in [6.07, 6.45) is 1.77. The van der Waals surface area contributed by atoms with E-state index in [1.165, 1.54) is 12.1 Å². The minimum atomic E-state index is -0.619. The molecule has 1 fully saturated rings. The molecular weight excluding hydrogens is 471 g/mol. The highest BCUT2D eigenvalue weighted by molar-refractivity contribution is 6.30. The number of amides is 2. The maximum atomic E-state index is 14.7. The third-order valence-corrected chi connectivity index (χ3v) is 5.68. The van der Waals surface area contributed by atoms with E-state index >= 15 is 0 Å². The Morgan fingerprint density at radius 3 is 2.57 bits per heavy atom. The van der Waals surface area contributed by atoms with Crippen molar-refractivity contribution >= 4 is 45.9 Å². The molecule has 0 bridgehead atoms. The largest absolute Gasteiger partial charge is 0.454 e. The van der Waals surface area contributed by atoms with E-state index in [4.69, 9.17) is 21.3 Å². The van der Waals surface area contributed by atoms with Gasteiger partial charge in [0.05, 0.1) is 17.2 Å². The number of anilines is 3. The number of fused-ring (bicyclic) bond motifs is 1. The summed E-state index contributed by atoms with van der Waals surface area (Å²) in [7, 11) is 0. The Bertz CT molecular complexity index is 1380. The molecule has 1 aliphatic rings. The monoisotopic (exact) mass is 492 g/mol. The van der Waals surface area contributed by atoms with Gasteiger partial charge in [-0.25, -0.2) is 14.2 Å². The maximum Gasteiger partial charge on any atom is 0.323 e. The average molecular weight is 493 g/mol. The third-order valence-electron chi connectivity index (χ3n) is 5.44. The predicted octanol–water partition coefficient (Wildman–Crippen LogP) is 5.27. The molecule has 2 heterocycles. The Balaban J connectivity index is 1.27. The van der Waals surface area contributed by atoms with Crippen molar-refractivity contribution in [3.63, 3.8) is 0 Å². The molecular formula is C25H22ClFN6O2. The standard InChI is InChI=1S/C25H22ClFN6O2/c26-16-2-1-3-17(12-16)30-25(34)31-18-4-7-23(20(27)13-18)35-19-5-6-21-22(14-19)32-24(15-29-21)33-10-8-28-9-11-33/h1-7,12-15,28H,8-11H2,(H2,30,31,34). The second-order valence-corrected chi connectivity index (χ2v) is 8.39. The van der Waals surface area contributed by atoms with Crippen LogP contribution in [0.5, 0.6) is 11.5 Å². The van der Waals surface area contributed by atoms with Gasteiger partial charge in [0.1, 0.15) is 11.6 Å². The van der Waals surface area contributed by atoms with E-state index in [0.717, 1.165) is 37.5 Å². The van der Waals surface area contributed by atoms with Crippen LogP contribution in [0, 0.1) is 5.82 Å². The molecule has 1 aromatic heterocycles. The van der Waals surface area contributed by atoms with Gasteiger partial charge >= 0.3 is 6.03 Å². The molecule has 10 heteroatoms. The highest BCUT2D eigenvalue weighted by Gasteiger charge is 2.14. The highest BCUT2D eigenvalue weighted by Crippen LogP contribution is 2.29. The summed E-state index contributed by atoms with van der Waals surface area (Å²) in [4.78, 5) is 23.6. The Hall–Kier alpha value is -3.95. The first-order valence-electron chi connectivity index (χ1n) is 11.1. The van der Waals surface area contributed by atoms with Crippen molar-refractivity contribution < 1.29 is 13.9 Å². The van der Waals surface area contributed by atoms with Crippen LogP contribution in [-0.2, 0) is 0 Å². The Morgan fingerprint density at radius 1 is 1.00 bits per heavy atom. The molecule has 3 N–H and O–H groups in total. The van der Waals surface area contributed by atoms with E-state index in [1.54, 1.807) is 54.7 Å². The molecule has 2 amide bonds. The maximum absolute atomic E-state index is 14.7. The second kappa shape index (κ2) is 10.1. The summed E-state index contributed by atoms with van der Waals surface area (Å²) >= 11 is 5.92. The van der Waals surface area contributed by atoms with Gasteiger partial charge in [0.2, 0.25) is 0 Å². The summed E-state index contributed by atoms with van der Waals surface area (Å²) in [5, 5.41) is 9.04. The molecule has 1 aliphatic heterocycles. The quantitative estimate of drug-likeness (QED) is 0.351. The zero-order valence-corrected chi connectivity index (χ0v) is 19.3. The van der Waals surface area contributed by atoms with Crippen molar-refractivity contribution in [2.24, 2.45) is 0 Å². The summed E-state index contributed by atoms with van der Waals surface area (Å²) < 4.78 is 20.5. The highest BCUT2D eigenvalue weighted by atomic mass is 35.5. The van der Waals surface area contributed by atoms with Crippen molar-refractivity contribution in [1.29, 1.82) is 0 Å². The van der Waals surface area contributed by atoms with Gasteiger partial charge in [0.15, 0.2) is 11.6 Å². The molecule has 1 saturated heterocycles. The molecule has 5 rings (SSSR count). The van der Waals surface area contributed by atoms with Crippen LogP contribution in [0.4, 0.5) is 26.4 Å². The number of ether oxygens (including phenoxy) is 1. The fraction of sp³-hybridized carbons (Fsp3) is 0.160. The summed E-state index contributed by atoms with van der Waals surface area (Å²) in [6.45, 7) is 3.52. The zero-order valence-electron chi connectivity index (χ0n) is 18.6. The molecule has 0 aliphatic carbocycles. The number of hydrogen-bond acceptors (Lipinski definition) is 6. The number of benzene rings is 3. The molecule has 3 aromatic carbocycles. The lowest BCUT2D eigenvalue weighted by Gasteiger charge is -2.28. The lowest BCUT2D eigenvalue weighted by molar-refractivity contribution is 0.262. The number of urea groups is 1. The number of rotatable bonds is 5. The molecule has 0 atom stereocenters. The number of nitrogens with zero attached hydrogens (tertiary/aromatic N) is 3. The van der Waals surface area contributed by atoms with Crippen LogP contribution in [0.25, 0.3) is 11.0 Å². The van der Waals surface area contributed by atoms with Crippen molar-refractivity contribution in [2.75, 3.05) is 41.7 Å². The number of aromatic nitrogens is 2. The Morgan fingerprint density at radius 2 is 1.80 bits per heavy atom. The SMILES string of the molecule is O=C(Nc1cccc(Cl)c1)Nc1ccc(Oc2ccc3ncc(N4CCNCC4)nc3c2)c(F)c1. The van der Waals surface area contributed by atoms with E-state index in [1.807, 2.05) is 0 Å². The lowest BCUT2D eigenvalue weighted by Crippen LogP contribution is -2.43. The normalized spacial score (nSPS) is 13.5. The minimum Gasteiger partial charge on any atom is -0.454 e. The first-order valence-corrected chi connectivity index (χ1v) is 11.4. The van der Waals surface area contributed by atoms with Crippen LogP contribution < -0.4 is 25.6 Å². The Kier molecular flexibility index (Phi) is 6.60. The first-order chi connectivity index (χ1) is 17.0. The van der Waals surface area contributed by atoms with E-state index in [-0.39, 0.29) is 11.4 Å². The van der Waals surface area contributed by atoms with Gasteiger partial charge < -0.3 is 25.6 Å². The number of halogens is 2. The average Bonchev–Trinajstić information content (AvgIpc) is 2.86. The molecule has 0 unspecified atom stereocenters. The van der Waals surface area contributed by atoms with Crippen molar-refractivity contribution in [3.05, 3.63) is 77.7 Å². The molecule has 35 heavy (non-hydrogen) atoms. The summed E-state index contributed by atoms with van der Waals surface area (Å²) in [6, 6.07) is 15.6. The van der Waals surface area contributed by atoms with Gasteiger partial charge in [-0.05, 0) is 42.5 Å². The number of hydrogen-bond donors (Lipinski definition) is 3. The van der Waals surface area contributed by atoms with E-state index < -0.39 is 11.8 Å². The first kappa shape index (κ1) is 22.8. The molecule has 0 radical (unpaired) electrons. The summed E-state index contributed by atoms with van der Waals surface area (Å²) in [5.41, 5.74) is 2.19. The van der Waals surface area contributed by atoms with E-state index in [0.29, 0.717) is 22.0 Å². The lowest BCUT2D eigenvalue weighted by atomic mass is 10.2.